The topological polar surface area (TPSA) is 72.4 Å². The molecule has 1 fully saturated rings. The van der Waals surface area contributed by atoms with E-state index >= 15 is 0 Å². The first-order valence-electron chi connectivity index (χ1n) is 7.30. The van der Waals surface area contributed by atoms with E-state index in [0.29, 0.717) is 12.6 Å². The molecule has 0 aromatic heterocycles. The van der Waals surface area contributed by atoms with Gasteiger partial charge in [-0.1, -0.05) is 18.6 Å². The Morgan fingerprint density at radius 1 is 1.43 bits per heavy atom. The first-order valence-corrected chi connectivity index (χ1v) is 7.30. The van der Waals surface area contributed by atoms with E-state index in [-0.39, 0.29) is 23.0 Å². The summed E-state index contributed by atoms with van der Waals surface area (Å²) in [5.74, 6) is 0. The smallest absolute Gasteiger partial charge is 0.272 e. The van der Waals surface area contributed by atoms with E-state index in [1.807, 2.05) is 13.0 Å². The number of nitro benzene ring substituents is 1. The van der Waals surface area contributed by atoms with Gasteiger partial charge in [0.1, 0.15) is 0 Å². The summed E-state index contributed by atoms with van der Waals surface area (Å²) in [5.41, 5.74) is 7.76. The fourth-order valence-corrected chi connectivity index (χ4v) is 3.05. The summed E-state index contributed by atoms with van der Waals surface area (Å²) in [6, 6.07) is 5.87. The highest BCUT2D eigenvalue weighted by Crippen LogP contribution is 2.26. The molecule has 118 valence electrons. The molecule has 1 saturated heterocycles. The van der Waals surface area contributed by atoms with Gasteiger partial charge in [0.25, 0.3) is 5.69 Å². The van der Waals surface area contributed by atoms with Crippen molar-refractivity contribution in [3.05, 3.63) is 39.4 Å². The Bertz CT molecular complexity index is 480. The molecule has 6 heteroatoms. The Morgan fingerprint density at radius 3 is 2.86 bits per heavy atom. The zero-order valence-corrected chi connectivity index (χ0v) is 13.3. The minimum absolute atomic E-state index is 0. The predicted molar refractivity (Wildman–Crippen MR) is 86.8 cm³/mol. The van der Waals surface area contributed by atoms with Crippen molar-refractivity contribution in [3.63, 3.8) is 0 Å². The monoisotopic (exact) mass is 313 g/mol. The maximum absolute atomic E-state index is 11.0. The average Bonchev–Trinajstić information content (AvgIpc) is 2.43. The number of halogens is 1. The third-order valence-electron chi connectivity index (χ3n) is 4.24. The van der Waals surface area contributed by atoms with Crippen molar-refractivity contribution in [3.8, 4) is 0 Å². The molecule has 1 heterocycles. The van der Waals surface area contributed by atoms with Crippen LogP contribution in [-0.2, 0) is 6.54 Å². The highest BCUT2D eigenvalue weighted by molar-refractivity contribution is 5.85. The zero-order valence-electron chi connectivity index (χ0n) is 12.5. The van der Waals surface area contributed by atoms with Gasteiger partial charge < -0.3 is 5.73 Å². The lowest BCUT2D eigenvalue weighted by molar-refractivity contribution is -0.385. The molecule has 1 aromatic rings. The van der Waals surface area contributed by atoms with Crippen LogP contribution < -0.4 is 5.73 Å². The highest BCUT2D eigenvalue weighted by atomic mass is 35.5. The average molecular weight is 314 g/mol. The number of nitrogens with two attached hydrogens (primary N) is 1. The summed E-state index contributed by atoms with van der Waals surface area (Å²) in [7, 11) is 0. The van der Waals surface area contributed by atoms with Crippen LogP contribution >= 0.6 is 12.4 Å². The number of nitrogens with zero attached hydrogens (tertiary/aromatic N) is 2. The third-order valence-corrected chi connectivity index (χ3v) is 4.24. The molecule has 21 heavy (non-hydrogen) atoms. The van der Waals surface area contributed by atoms with E-state index in [1.54, 1.807) is 12.1 Å². The van der Waals surface area contributed by atoms with Gasteiger partial charge in [0.05, 0.1) is 4.92 Å². The van der Waals surface area contributed by atoms with Crippen molar-refractivity contribution in [1.29, 1.82) is 0 Å². The second kappa shape index (κ2) is 8.32. The number of piperidine rings is 1. The predicted octanol–water partition coefficient (Wildman–Crippen LogP) is 3.03. The van der Waals surface area contributed by atoms with Gasteiger partial charge in [-0.15, -0.1) is 12.4 Å². The molecule has 0 saturated carbocycles. The molecular weight excluding hydrogens is 290 g/mol. The normalized spacial score (nSPS) is 19.0. The Morgan fingerprint density at radius 2 is 2.19 bits per heavy atom. The van der Waals surface area contributed by atoms with Crippen LogP contribution in [0.25, 0.3) is 0 Å². The molecule has 0 radical (unpaired) electrons. The van der Waals surface area contributed by atoms with Crippen LogP contribution in [0, 0.1) is 17.0 Å². The van der Waals surface area contributed by atoms with Gasteiger partial charge in [-0.3, -0.25) is 15.0 Å². The van der Waals surface area contributed by atoms with Gasteiger partial charge in [0.15, 0.2) is 0 Å². The number of hydrogen-bond acceptors (Lipinski definition) is 4. The van der Waals surface area contributed by atoms with Crippen LogP contribution in [0.15, 0.2) is 18.2 Å². The van der Waals surface area contributed by atoms with Gasteiger partial charge in [-0.05, 0) is 44.8 Å². The lowest BCUT2D eigenvalue weighted by Gasteiger charge is -2.36. The summed E-state index contributed by atoms with van der Waals surface area (Å²) in [4.78, 5) is 13.1. The van der Waals surface area contributed by atoms with Crippen LogP contribution in [-0.4, -0.2) is 29.0 Å². The lowest BCUT2D eigenvalue weighted by atomic mass is 9.97. The Balaban J connectivity index is 0.00000220. The van der Waals surface area contributed by atoms with Gasteiger partial charge in [0.2, 0.25) is 0 Å². The molecule has 0 amide bonds. The standard InChI is InChI=1S/C15H23N3O2.ClH/c1-12-13(5-4-7-15(12)18(19)20)11-17-10-3-2-6-14(17)8-9-16;/h4-5,7,14H,2-3,6,8-11,16H2,1H3;1H. The number of nitro groups is 1. The van der Waals surface area contributed by atoms with Gasteiger partial charge in [0, 0.05) is 24.2 Å². The van der Waals surface area contributed by atoms with Crippen LogP contribution in [0.5, 0.6) is 0 Å². The van der Waals surface area contributed by atoms with E-state index in [1.165, 1.54) is 19.3 Å². The van der Waals surface area contributed by atoms with Crippen molar-refractivity contribution >= 4 is 18.1 Å². The van der Waals surface area contributed by atoms with E-state index in [4.69, 9.17) is 5.73 Å². The molecule has 0 spiro atoms. The molecule has 2 N–H and O–H groups in total. The van der Waals surface area contributed by atoms with Gasteiger partial charge >= 0.3 is 0 Å². The zero-order chi connectivity index (χ0) is 14.5. The third kappa shape index (κ3) is 4.40. The van der Waals surface area contributed by atoms with E-state index in [0.717, 1.165) is 30.6 Å². The number of likely N-dealkylation sites (tertiary alicyclic amines) is 1. The maximum atomic E-state index is 11.0. The van der Waals surface area contributed by atoms with Crippen molar-refractivity contribution in [2.75, 3.05) is 13.1 Å². The molecule has 1 aliphatic heterocycles. The molecule has 1 aromatic carbocycles. The first-order chi connectivity index (χ1) is 9.63. The molecule has 5 nitrogen and oxygen atoms in total. The second-order valence-corrected chi connectivity index (χ2v) is 5.52. The van der Waals surface area contributed by atoms with Crippen LogP contribution in [0.3, 0.4) is 0 Å². The molecular formula is C15H24ClN3O2. The van der Waals surface area contributed by atoms with Crippen molar-refractivity contribution in [2.24, 2.45) is 5.73 Å². The SMILES string of the molecule is Cc1c(CN2CCCCC2CCN)cccc1[N+](=O)[O-].Cl. The molecule has 1 atom stereocenters. The number of hydrogen-bond donors (Lipinski definition) is 1. The Kier molecular flexibility index (Phi) is 7.08. The quantitative estimate of drug-likeness (QED) is 0.670. The number of benzene rings is 1. The second-order valence-electron chi connectivity index (χ2n) is 5.52. The molecule has 1 unspecified atom stereocenters. The number of rotatable bonds is 5. The van der Waals surface area contributed by atoms with Crippen LogP contribution in [0.4, 0.5) is 5.69 Å². The van der Waals surface area contributed by atoms with Gasteiger partial charge in [-0.25, -0.2) is 0 Å². The molecule has 2 rings (SSSR count). The van der Waals surface area contributed by atoms with Gasteiger partial charge in [-0.2, -0.15) is 0 Å². The van der Waals surface area contributed by atoms with Crippen LogP contribution in [0.1, 0.15) is 36.8 Å². The maximum Gasteiger partial charge on any atom is 0.272 e. The summed E-state index contributed by atoms with van der Waals surface area (Å²) < 4.78 is 0. The fourth-order valence-electron chi connectivity index (χ4n) is 3.05. The van der Waals surface area contributed by atoms with E-state index in [9.17, 15) is 10.1 Å². The minimum atomic E-state index is -0.299. The summed E-state index contributed by atoms with van der Waals surface area (Å²) in [6.45, 7) is 4.40. The summed E-state index contributed by atoms with van der Waals surface area (Å²) in [5, 5.41) is 11.0. The fraction of sp³-hybridized carbons (Fsp3) is 0.600. The lowest BCUT2D eigenvalue weighted by Crippen LogP contribution is -2.40. The Labute approximate surface area is 132 Å². The highest BCUT2D eigenvalue weighted by Gasteiger charge is 2.23. The summed E-state index contributed by atoms with van der Waals surface area (Å²) in [6.07, 6.45) is 4.66. The molecule has 0 aliphatic carbocycles. The van der Waals surface area contributed by atoms with E-state index in [2.05, 4.69) is 4.90 Å². The molecule has 0 bridgehead atoms. The minimum Gasteiger partial charge on any atom is -0.330 e. The van der Waals surface area contributed by atoms with Crippen molar-refractivity contribution < 1.29 is 4.92 Å². The Hall–Kier alpha value is -1.17. The van der Waals surface area contributed by atoms with Crippen molar-refractivity contribution in [2.45, 2.75) is 45.2 Å². The first kappa shape index (κ1) is 17.9. The largest absolute Gasteiger partial charge is 0.330 e. The van der Waals surface area contributed by atoms with Crippen molar-refractivity contribution in [1.82, 2.24) is 4.90 Å². The van der Waals surface area contributed by atoms with E-state index < -0.39 is 0 Å². The molecule has 1 aliphatic rings. The van der Waals surface area contributed by atoms with Crippen LogP contribution in [0.2, 0.25) is 0 Å². The summed E-state index contributed by atoms with van der Waals surface area (Å²) >= 11 is 0.